The van der Waals surface area contributed by atoms with Gasteiger partial charge in [0.15, 0.2) is 0 Å². The van der Waals surface area contributed by atoms with Gasteiger partial charge in [-0.3, -0.25) is 0 Å². The van der Waals surface area contributed by atoms with E-state index in [1.807, 2.05) is 0 Å². The van der Waals surface area contributed by atoms with E-state index in [1.165, 1.54) is 32.2 Å². The molecule has 78 valence electrons. The summed E-state index contributed by atoms with van der Waals surface area (Å²) in [6, 6.07) is 0. The van der Waals surface area contributed by atoms with Gasteiger partial charge in [-0.25, -0.2) is 0 Å². The van der Waals surface area contributed by atoms with E-state index in [-0.39, 0.29) is 0 Å². The molecule has 1 saturated carbocycles. The second-order valence-electron chi connectivity index (χ2n) is 5.28. The Morgan fingerprint density at radius 1 is 1.36 bits per heavy atom. The Hall–Kier alpha value is -0.480. The van der Waals surface area contributed by atoms with Gasteiger partial charge < -0.3 is 4.90 Å². The van der Waals surface area contributed by atoms with E-state index >= 15 is 0 Å². The molecule has 1 nitrogen and oxygen atoms in total. The minimum Gasteiger partial charge on any atom is -0.301 e. The molecule has 1 aliphatic carbocycles. The predicted octanol–water partition coefficient (Wildman–Crippen LogP) is 2.52. The Kier molecular flexibility index (Phi) is 2.58. The van der Waals surface area contributed by atoms with Gasteiger partial charge in [0.1, 0.15) is 0 Å². The number of nitrogens with zero attached hydrogens (tertiary/aromatic N) is 1. The van der Waals surface area contributed by atoms with E-state index in [0.29, 0.717) is 17.4 Å². The topological polar surface area (TPSA) is 3.24 Å². The van der Waals surface area contributed by atoms with E-state index in [0.717, 1.165) is 0 Å². The lowest BCUT2D eigenvalue weighted by Gasteiger charge is -2.35. The average molecular weight is 191 g/mol. The highest BCUT2D eigenvalue weighted by Crippen LogP contribution is 2.48. The van der Waals surface area contributed by atoms with Gasteiger partial charge in [-0.2, -0.15) is 0 Å². The van der Waals surface area contributed by atoms with Crippen molar-refractivity contribution in [2.45, 2.75) is 45.1 Å². The van der Waals surface area contributed by atoms with E-state index in [2.05, 4.69) is 37.6 Å². The first-order valence-electron chi connectivity index (χ1n) is 5.85. The lowest BCUT2D eigenvalue weighted by atomic mass is 9.89. The van der Waals surface area contributed by atoms with Crippen molar-refractivity contribution in [2.75, 3.05) is 13.6 Å². The average Bonchev–Trinajstić information content (AvgIpc) is 2.89. The zero-order valence-electron chi connectivity index (χ0n) is 9.64. The maximum atomic E-state index is 3.46. The molecule has 0 aromatic heterocycles. The summed E-state index contributed by atoms with van der Waals surface area (Å²) in [5, 5.41) is 0. The van der Waals surface area contributed by atoms with E-state index in [4.69, 9.17) is 0 Å². The Morgan fingerprint density at radius 3 is 2.64 bits per heavy atom. The summed E-state index contributed by atoms with van der Waals surface area (Å²) >= 11 is 0. The summed E-state index contributed by atoms with van der Waals surface area (Å²) in [5.74, 6) is 8.00. The molecule has 0 bridgehead atoms. The molecule has 1 aliphatic heterocycles. The van der Waals surface area contributed by atoms with Crippen LogP contribution in [0.1, 0.15) is 39.5 Å². The van der Waals surface area contributed by atoms with Crippen LogP contribution < -0.4 is 0 Å². The predicted molar refractivity (Wildman–Crippen MR) is 59.9 cm³/mol. The maximum absolute atomic E-state index is 3.46. The van der Waals surface area contributed by atoms with Gasteiger partial charge in [-0.05, 0) is 39.3 Å². The third-order valence-electron chi connectivity index (χ3n) is 3.65. The molecule has 1 atom stereocenters. The summed E-state index contributed by atoms with van der Waals surface area (Å²) in [4.78, 5) is 2.56. The molecular weight excluding hydrogens is 170 g/mol. The fourth-order valence-electron chi connectivity index (χ4n) is 2.44. The Bertz CT molecular complexity index is 265. The lowest BCUT2D eigenvalue weighted by Crippen LogP contribution is -2.41. The van der Waals surface area contributed by atoms with Gasteiger partial charge in [-0.1, -0.05) is 19.8 Å². The molecule has 0 aromatic rings. The normalized spacial score (nSPS) is 30.1. The van der Waals surface area contributed by atoms with Crippen LogP contribution in [0.15, 0.2) is 0 Å². The van der Waals surface area contributed by atoms with Crippen LogP contribution in [0.2, 0.25) is 0 Å². The third kappa shape index (κ3) is 1.96. The molecule has 0 N–H and O–H groups in total. The minimum absolute atomic E-state index is 0.532. The minimum atomic E-state index is 0.532. The fraction of sp³-hybridized carbons (Fsp3) is 0.846. The van der Waals surface area contributed by atoms with Crippen molar-refractivity contribution >= 4 is 0 Å². The first kappa shape index (κ1) is 10.1. The van der Waals surface area contributed by atoms with Crippen LogP contribution in [0, 0.1) is 23.7 Å². The summed E-state index contributed by atoms with van der Waals surface area (Å²) < 4.78 is 0. The van der Waals surface area contributed by atoms with Gasteiger partial charge in [-0.15, -0.1) is 5.92 Å². The molecule has 0 aromatic carbocycles. The molecule has 2 fully saturated rings. The highest BCUT2D eigenvalue weighted by atomic mass is 15.2. The standard InChI is InChI=1S/C13H21N/c1-11(2)4-5-12-6-9-14(3)13(10-12)7-8-13/h11-12H,6-10H2,1-3H3. The first-order valence-corrected chi connectivity index (χ1v) is 5.85. The number of likely N-dealkylation sites (tertiary alicyclic amines) is 1. The first-order chi connectivity index (χ1) is 6.62. The van der Waals surface area contributed by atoms with Crippen molar-refractivity contribution in [1.29, 1.82) is 0 Å². The zero-order valence-corrected chi connectivity index (χ0v) is 9.64. The summed E-state index contributed by atoms with van der Waals surface area (Å²) in [7, 11) is 2.28. The second kappa shape index (κ2) is 3.59. The van der Waals surface area contributed by atoms with Gasteiger partial charge >= 0.3 is 0 Å². The van der Waals surface area contributed by atoms with Crippen molar-refractivity contribution in [1.82, 2.24) is 4.90 Å². The van der Waals surface area contributed by atoms with Crippen LogP contribution in [0.25, 0.3) is 0 Å². The molecule has 2 rings (SSSR count). The monoisotopic (exact) mass is 191 g/mol. The lowest BCUT2D eigenvalue weighted by molar-refractivity contribution is 0.143. The van der Waals surface area contributed by atoms with Gasteiger partial charge in [0.05, 0.1) is 0 Å². The van der Waals surface area contributed by atoms with Crippen molar-refractivity contribution < 1.29 is 0 Å². The molecule has 1 heterocycles. The van der Waals surface area contributed by atoms with Crippen LogP contribution in [-0.2, 0) is 0 Å². The summed E-state index contributed by atoms with van der Waals surface area (Å²) in [6.07, 6.45) is 5.41. The number of rotatable bonds is 0. The molecule has 1 spiro atoms. The SMILES string of the molecule is CC(C)C#CC1CCN(C)C2(CC2)C1. The molecule has 0 radical (unpaired) electrons. The molecule has 0 amide bonds. The van der Waals surface area contributed by atoms with E-state index in [1.54, 1.807) is 0 Å². The molecular formula is C13H21N. The molecule has 14 heavy (non-hydrogen) atoms. The Morgan fingerprint density at radius 2 is 2.07 bits per heavy atom. The van der Waals surface area contributed by atoms with Gasteiger partial charge in [0.2, 0.25) is 0 Å². The van der Waals surface area contributed by atoms with Crippen molar-refractivity contribution in [3.05, 3.63) is 0 Å². The van der Waals surface area contributed by atoms with Crippen molar-refractivity contribution in [3.8, 4) is 11.8 Å². The van der Waals surface area contributed by atoms with Crippen LogP contribution in [0.5, 0.6) is 0 Å². The van der Waals surface area contributed by atoms with Crippen molar-refractivity contribution in [3.63, 3.8) is 0 Å². The van der Waals surface area contributed by atoms with Crippen LogP contribution >= 0.6 is 0 Å². The van der Waals surface area contributed by atoms with E-state index < -0.39 is 0 Å². The molecule has 1 heteroatoms. The number of hydrogen-bond donors (Lipinski definition) is 0. The third-order valence-corrected chi connectivity index (χ3v) is 3.65. The van der Waals surface area contributed by atoms with Crippen molar-refractivity contribution in [2.24, 2.45) is 11.8 Å². The fourth-order valence-corrected chi connectivity index (χ4v) is 2.44. The number of hydrogen-bond acceptors (Lipinski definition) is 1. The van der Waals surface area contributed by atoms with Crippen LogP contribution in [-0.4, -0.2) is 24.0 Å². The highest BCUT2D eigenvalue weighted by Gasteiger charge is 2.49. The summed E-state index contributed by atoms with van der Waals surface area (Å²) in [6.45, 7) is 5.60. The Labute approximate surface area is 87.9 Å². The smallest absolute Gasteiger partial charge is 0.0232 e. The van der Waals surface area contributed by atoms with Crippen LogP contribution in [0.3, 0.4) is 0 Å². The molecule has 1 saturated heterocycles. The zero-order chi connectivity index (χ0) is 10.2. The molecule has 1 unspecified atom stereocenters. The quantitative estimate of drug-likeness (QED) is 0.532. The van der Waals surface area contributed by atoms with E-state index in [9.17, 15) is 0 Å². The summed E-state index contributed by atoms with van der Waals surface area (Å²) in [5.41, 5.74) is 0.578. The maximum Gasteiger partial charge on any atom is 0.0232 e. The highest BCUT2D eigenvalue weighted by molar-refractivity contribution is 5.14. The van der Waals surface area contributed by atoms with Crippen LogP contribution in [0.4, 0.5) is 0 Å². The largest absolute Gasteiger partial charge is 0.301 e. The number of piperidine rings is 1. The second-order valence-corrected chi connectivity index (χ2v) is 5.28. The van der Waals surface area contributed by atoms with Gasteiger partial charge in [0, 0.05) is 17.4 Å². The van der Waals surface area contributed by atoms with Gasteiger partial charge in [0.25, 0.3) is 0 Å². The molecule has 2 aliphatic rings. The Balaban J connectivity index is 1.95.